The molecule has 2 bridgehead atoms. The van der Waals surface area contributed by atoms with Crippen molar-refractivity contribution in [3.05, 3.63) is 33.7 Å². The van der Waals surface area contributed by atoms with Gasteiger partial charge in [0.2, 0.25) is 5.91 Å². The molecule has 1 aromatic heterocycles. The zero-order valence-electron chi connectivity index (χ0n) is 17.6. The van der Waals surface area contributed by atoms with E-state index in [1.165, 1.54) is 0 Å². The van der Waals surface area contributed by atoms with Crippen LogP contribution in [-0.2, 0) is 16.1 Å². The van der Waals surface area contributed by atoms with Crippen molar-refractivity contribution in [1.29, 1.82) is 0 Å². The standard InChI is InChI=1S/C23H31N3O4/c27-21(17-4-1-2-5-17)25-13-16-12-18(15-25)20-7-6-19(23(29)26(20)14-16)22(28)24-8-3-10-30-11-9-24/h6-7,16-18H,1-5,8-15H2/t16-,18+/m0/s1. The lowest BCUT2D eigenvalue weighted by atomic mass is 9.82. The van der Waals surface area contributed by atoms with Crippen LogP contribution in [0, 0.1) is 11.8 Å². The van der Waals surface area contributed by atoms with Gasteiger partial charge in [-0.1, -0.05) is 12.8 Å². The van der Waals surface area contributed by atoms with Gasteiger partial charge in [-0.2, -0.15) is 0 Å². The largest absolute Gasteiger partial charge is 0.380 e. The third kappa shape index (κ3) is 3.57. The molecule has 7 nitrogen and oxygen atoms in total. The number of hydrogen-bond acceptors (Lipinski definition) is 4. The summed E-state index contributed by atoms with van der Waals surface area (Å²) in [6.45, 7) is 4.37. The molecule has 3 fully saturated rings. The second-order valence-corrected chi connectivity index (χ2v) is 9.37. The van der Waals surface area contributed by atoms with Crippen LogP contribution in [0.1, 0.15) is 60.5 Å². The minimum Gasteiger partial charge on any atom is -0.380 e. The highest BCUT2D eigenvalue weighted by Gasteiger charge is 2.39. The lowest BCUT2D eigenvalue weighted by Gasteiger charge is -2.43. The summed E-state index contributed by atoms with van der Waals surface area (Å²) in [5.41, 5.74) is 1.07. The molecule has 7 heteroatoms. The van der Waals surface area contributed by atoms with Gasteiger partial charge in [-0.15, -0.1) is 0 Å². The Balaban J connectivity index is 1.37. The van der Waals surface area contributed by atoms with Gasteiger partial charge in [0, 0.05) is 56.9 Å². The monoisotopic (exact) mass is 413 g/mol. The van der Waals surface area contributed by atoms with E-state index in [9.17, 15) is 14.4 Å². The first-order chi connectivity index (χ1) is 14.6. The Labute approximate surface area is 177 Å². The highest BCUT2D eigenvalue weighted by Crippen LogP contribution is 2.37. The van der Waals surface area contributed by atoms with Crippen LogP contribution >= 0.6 is 0 Å². The molecule has 162 valence electrons. The Kier molecular flexibility index (Phi) is 5.39. The molecule has 4 aliphatic rings. The average molecular weight is 414 g/mol. The number of rotatable bonds is 2. The first-order valence-electron chi connectivity index (χ1n) is 11.5. The summed E-state index contributed by atoms with van der Waals surface area (Å²) < 4.78 is 7.26. The Hall–Kier alpha value is -2.15. The number of carbonyl (C=O) groups excluding carboxylic acids is 2. The minimum absolute atomic E-state index is 0.173. The first-order valence-corrected chi connectivity index (χ1v) is 11.5. The summed E-state index contributed by atoms with van der Waals surface area (Å²) in [5.74, 6) is 0.800. The second-order valence-electron chi connectivity index (χ2n) is 9.37. The second kappa shape index (κ2) is 8.17. The van der Waals surface area contributed by atoms with Crippen molar-refractivity contribution in [2.75, 3.05) is 39.4 Å². The lowest BCUT2D eigenvalue weighted by molar-refractivity contribution is -0.138. The smallest absolute Gasteiger partial charge is 0.263 e. The number of pyridine rings is 1. The number of hydrogen-bond donors (Lipinski definition) is 0. The molecule has 2 saturated heterocycles. The van der Waals surface area contributed by atoms with Crippen molar-refractivity contribution < 1.29 is 14.3 Å². The molecule has 1 aliphatic carbocycles. The number of piperidine rings is 1. The minimum atomic E-state index is -0.186. The fraction of sp³-hybridized carbons (Fsp3) is 0.696. The topological polar surface area (TPSA) is 71.9 Å². The van der Waals surface area contributed by atoms with Crippen LogP contribution in [0.25, 0.3) is 0 Å². The maximum atomic E-state index is 13.2. The molecule has 0 N–H and O–H groups in total. The van der Waals surface area contributed by atoms with E-state index in [1.807, 2.05) is 10.6 Å². The maximum absolute atomic E-state index is 13.2. The van der Waals surface area contributed by atoms with E-state index in [1.54, 1.807) is 11.0 Å². The molecule has 2 atom stereocenters. The number of likely N-dealkylation sites (tertiary alicyclic amines) is 1. The number of ether oxygens (including phenoxy) is 1. The zero-order valence-corrected chi connectivity index (χ0v) is 17.6. The van der Waals surface area contributed by atoms with Gasteiger partial charge >= 0.3 is 0 Å². The van der Waals surface area contributed by atoms with E-state index in [2.05, 4.69) is 4.90 Å². The van der Waals surface area contributed by atoms with Crippen LogP contribution in [0.3, 0.4) is 0 Å². The summed E-state index contributed by atoms with van der Waals surface area (Å²) in [5, 5.41) is 0. The van der Waals surface area contributed by atoms with Crippen molar-refractivity contribution in [3.63, 3.8) is 0 Å². The molecule has 4 heterocycles. The molecule has 30 heavy (non-hydrogen) atoms. The van der Waals surface area contributed by atoms with Crippen LogP contribution in [0.2, 0.25) is 0 Å². The Morgan fingerprint density at radius 1 is 0.933 bits per heavy atom. The Morgan fingerprint density at radius 3 is 2.60 bits per heavy atom. The van der Waals surface area contributed by atoms with Crippen molar-refractivity contribution in [3.8, 4) is 0 Å². The predicted octanol–water partition coefficient (Wildman–Crippen LogP) is 1.85. The molecule has 5 rings (SSSR count). The van der Waals surface area contributed by atoms with E-state index in [-0.39, 0.29) is 34.8 Å². The zero-order chi connectivity index (χ0) is 20.7. The summed E-state index contributed by atoms with van der Waals surface area (Å²) in [7, 11) is 0. The molecule has 0 spiro atoms. The van der Waals surface area contributed by atoms with Crippen LogP contribution in [0.4, 0.5) is 0 Å². The quantitative estimate of drug-likeness (QED) is 0.742. The highest BCUT2D eigenvalue weighted by molar-refractivity contribution is 5.94. The van der Waals surface area contributed by atoms with E-state index < -0.39 is 0 Å². The number of aromatic nitrogens is 1. The van der Waals surface area contributed by atoms with Crippen LogP contribution in [-0.4, -0.2) is 65.6 Å². The van der Waals surface area contributed by atoms with E-state index in [0.29, 0.717) is 45.3 Å². The SMILES string of the molecule is O=C(c1ccc2n(c1=O)C[C@H]1C[C@@H]2CN(C(=O)C2CCCC2)C1)N1CCCOCC1. The number of nitrogens with zero attached hydrogens (tertiary/aromatic N) is 3. The Morgan fingerprint density at radius 2 is 1.77 bits per heavy atom. The fourth-order valence-electron chi connectivity index (χ4n) is 5.84. The Bertz CT molecular complexity index is 881. The molecular weight excluding hydrogens is 382 g/mol. The van der Waals surface area contributed by atoms with Crippen molar-refractivity contribution >= 4 is 11.8 Å². The summed E-state index contributed by atoms with van der Waals surface area (Å²) in [6, 6.07) is 3.66. The van der Waals surface area contributed by atoms with Gasteiger partial charge in [0.05, 0.1) is 6.61 Å². The highest BCUT2D eigenvalue weighted by atomic mass is 16.5. The molecule has 1 saturated carbocycles. The summed E-state index contributed by atoms with van der Waals surface area (Å²) in [4.78, 5) is 43.0. The fourth-order valence-corrected chi connectivity index (χ4v) is 5.84. The lowest BCUT2D eigenvalue weighted by Crippen LogP contribution is -2.51. The van der Waals surface area contributed by atoms with Crippen LogP contribution in [0.5, 0.6) is 0 Å². The summed E-state index contributed by atoms with van der Waals surface area (Å²) >= 11 is 0. The van der Waals surface area contributed by atoms with Gasteiger partial charge in [0.15, 0.2) is 0 Å². The summed E-state index contributed by atoms with van der Waals surface area (Å²) in [6.07, 6.45) is 6.18. The molecule has 0 unspecified atom stereocenters. The van der Waals surface area contributed by atoms with E-state index >= 15 is 0 Å². The van der Waals surface area contributed by atoms with Crippen molar-refractivity contribution in [2.45, 2.75) is 51.0 Å². The molecule has 1 aromatic rings. The predicted molar refractivity (Wildman–Crippen MR) is 111 cm³/mol. The van der Waals surface area contributed by atoms with Crippen molar-refractivity contribution in [2.24, 2.45) is 11.8 Å². The van der Waals surface area contributed by atoms with Crippen molar-refractivity contribution in [1.82, 2.24) is 14.4 Å². The van der Waals surface area contributed by atoms with Gasteiger partial charge in [-0.3, -0.25) is 14.4 Å². The first kappa shape index (κ1) is 19.8. The molecule has 2 amide bonds. The molecule has 3 aliphatic heterocycles. The number of fused-ring (bicyclic) bond motifs is 4. The van der Waals surface area contributed by atoms with Gasteiger partial charge in [-0.25, -0.2) is 0 Å². The molecule has 0 aromatic carbocycles. The normalized spacial score (nSPS) is 26.9. The number of carbonyl (C=O) groups is 2. The van der Waals surface area contributed by atoms with Gasteiger partial charge in [0.1, 0.15) is 5.56 Å². The molecule has 0 radical (unpaired) electrons. The van der Waals surface area contributed by atoms with Crippen LogP contribution in [0.15, 0.2) is 16.9 Å². The van der Waals surface area contributed by atoms with E-state index in [4.69, 9.17) is 4.74 Å². The van der Waals surface area contributed by atoms with Gasteiger partial charge in [-0.05, 0) is 43.7 Å². The third-order valence-corrected chi connectivity index (χ3v) is 7.36. The average Bonchev–Trinajstić information content (AvgIpc) is 3.16. The van der Waals surface area contributed by atoms with E-state index in [0.717, 1.165) is 50.8 Å². The van der Waals surface area contributed by atoms with Gasteiger partial charge < -0.3 is 19.1 Å². The number of amides is 2. The third-order valence-electron chi connectivity index (χ3n) is 7.36. The van der Waals surface area contributed by atoms with Crippen LogP contribution < -0.4 is 5.56 Å². The molecular formula is C23H31N3O4. The maximum Gasteiger partial charge on any atom is 0.263 e. The van der Waals surface area contributed by atoms with Gasteiger partial charge in [0.25, 0.3) is 11.5 Å².